The maximum atomic E-state index is 4.97. The minimum atomic E-state index is -1.92. The Labute approximate surface area is 150 Å². The van der Waals surface area contributed by atoms with Crippen molar-refractivity contribution >= 4 is 38.8 Å². The molecule has 0 aliphatic carbocycles. The van der Waals surface area contributed by atoms with Gasteiger partial charge >= 0.3 is 42.6 Å². The van der Waals surface area contributed by atoms with Crippen LogP contribution in [0.25, 0.3) is 10.9 Å². The Morgan fingerprint density at radius 2 is 1.64 bits per heavy atom. The molecule has 1 nitrogen and oxygen atoms in total. The Balaban J connectivity index is 0.000000179. The van der Waals surface area contributed by atoms with Crippen LogP contribution < -0.4 is 0 Å². The monoisotopic (exact) mass is 388 g/mol. The molecule has 0 amide bonds. The van der Waals surface area contributed by atoms with Crippen LogP contribution in [-0.2, 0) is 14.7 Å². The zero-order chi connectivity index (χ0) is 16.5. The average Bonchev–Trinajstić information content (AvgIpc) is 2.93. The molecule has 1 heterocycles. The predicted molar refractivity (Wildman–Crippen MR) is 95.1 cm³/mol. The molecule has 0 aliphatic rings. The number of halogens is 3. The van der Waals surface area contributed by atoms with E-state index in [1.807, 2.05) is 42.6 Å². The second kappa shape index (κ2) is 10.3. The topological polar surface area (TPSA) is 15.8 Å². The molecule has 5 heteroatoms. The van der Waals surface area contributed by atoms with Crippen molar-refractivity contribution in [3.05, 3.63) is 78.3 Å². The van der Waals surface area contributed by atoms with E-state index < -0.39 is 14.7 Å². The van der Waals surface area contributed by atoms with Gasteiger partial charge in [-0.05, 0) is 0 Å². The number of aromatic nitrogens is 1. The van der Waals surface area contributed by atoms with E-state index >= 15 is 0 Å². The quantitative estimate of drug-likeness (QED) is 0.333. The third kappa shape index (κ3) is 7.13. The van der Waals surface area contributed by atoms with E-state index in [0.29, 0.717) is 0 Å². The van der Waals surface area contributed by atoms with Gasteiger partial charge in [0.1, 0.15) is 0 Å². The summed E-state index contributed by atoms with van der Waals surface area (Å²) in [6.07, 6.45) is 1.82. The molecule has 117 valence electrons. The van der Waals surface area contributed by atoms with E-state index in [1.54, 1.807) is 0 Å². The normalized spacial score (nSPS) is 9.32. The van der Waals surface area contributed by atoms with Gasteiger partial charge in [-0.2, -0.15) is 36.1 Å². The molecule has 22 heavy (non-hydrogen) atoms. The molecular weight excluding hydrogens is 372 g/mol. The van der Waals surface area contributed by atoms with Crippen molar-refractivity contribution < 1.29 is 14.7 Å². The fourth-order valence-corrected chi connectivity index (χ4v) is 1.74. The van der Waals surface area contributed by atoms with Crippen LogP contribution in [0.2, 0.25) is 0 Å². The summed E-state index contributed by atoms with van der Waals surface area (Å²) in [5.41, 5.74) is 4.91. The van der Waals surface area contributed by atoms with Crippen molar-refractivity contribution in [2.45, 2.75) is 13.8 Å². The Bertz CT molecular complexity index is 642. The van der Waals surface area contributed by atoms with E-state index in [1.165, 1.54) is 11.1 Å². The molecule has 0 fully saturated rings. The van der Waals surface area contributed by atoms with Crippen molar-refractivity contribution in [3.63, 3.8) is 0 Å². The molecule has 0 unspecified atom stereocenters. The largest absolute Gasteiger partial charge is 0.424 e. The van der Waals surface area contributed by atoms with E-state index in [4.69, 9.17) is 27.9 Å². The van der Waals surface area contributed by atoms with Gasteiger partial charge in [0.05, 0.1) is 0 Å². The maximum absolute atomic E-state index is 4.97. The minimum absolute atomic E-state index is 1.13. The number of hydrogen-bond acceptors (Lipinski definition) is 0. The molecule has 1 N–H and O–H groups in total. The molecule has 2 aromatic carbocycles. The fraction of sp³-hybridized carbons (Fsp3) is 0.118. The molecule has 0 bridgehead atoms. The summed E-state index contributed by atoms with van der Waals surface area (Å²) in [6.45, 7) is 8.08. The average molecular weight is 390 g/mol. The van der Waals surface area contributed by atoms with Gasteiger partial charge < -0.3 is 4.98 Å². The van der Waals surface area contributed by atoms with Crippen LogP contribution in [0, 0.1) is 26.8 Å². The number of H-pyrrole nitrogens is 1. The Morgan fingerprint density at radius 1 is 1.00 bits per heavy atom. The van der Waals surface area contributed by atoms with Crippen LogP contribution in [0.4, 0.5) is 0 Å². The number of rotatable bonds is 0. The van der Waals surface area contributed by atoms with Crippen LogP contribution in [-0.4, -0.2) is 4.98 Å². The summed E-state index contributed by atoms with van der Waals surface area (Å²) in [5, 5.41) is 1.15. The SMILES string of the molecule is [CH2-]c1cccc(C)c1C.[Cl][Ti]([Cl])[Cl].[c-]1c[nH]c2ccccc12. The van der Waals surface area contributed by atoms with Gasteiger partial charge in [-0.25, -0.2) is 0 Å². The summed E-state index contributed by atoms with van der Waals surface area (Å²) < 4.78 is 0. The van der Waals surface area contributed by atoms with Crippen LogP contribution in [0.15, 0.2) is 48.7 Å². The second-order valence-electron chi connectivity index (χ2n) is 4.55. The molecule has 0 aliphatic heterocycles. The summed E-state index contributed by atoms with van der Waals surface area (Å²) >= 11 is -1.92. The van der Waals surface area contributed by atoms with Gasteiger partial charge in [-0.1, -0.05) is 43.8 Å². The molecule has 0 spiro atoms. The standard InChI is InChI=1S/C9H11.C8H6N.3ClH.Ti/c1-7-5-4-6-8(2)9(7)3;1-2-4-8-7(3-1)5-6-9-8;;;;/h4-6H,1H2,2-3H3;1-4,6,9H;3*1H;/q2*-1;;;;+3/p-3. The van der Waals surface area contributed by atoms with E-state index in [-0.39, 0.29) is 0 Å². The van der Waals surface area contributed by atoms with E-state index in [2.05, 4.69) is 37.9 Å². The van der Waals surface area contributed by atoms with E-state index in [9.17, 15) is 0 Å². The predicted octanol–water partition coefficient (Wildman–Crippen LogP) is 6.52. The number of hydrogen-bond donors (Lipinski definition) is 1. The van der Waals surface area contributed by atoms with Gasteiger partial charge in [0.15, 0.2) is 0 Å². The molecule has 0 atom stereocenters. The first kappa shape index (κ1) is 19.5. The first-order valence-electron chi connectivity index (χ1n) is 6.57. The first-order valence-corrected chi connectivity index (χ1v) is 13.0. The van der Waals surface area contributed by atoms with Gasteiger partial charge in [0, 0.05) is 0 Å². The van der Waals surface area contributed by atoms with Crippen LogP contribution in [0.3, 0.4) is 0 Å². The fourth-order valence-electron chi connectivity index (χ4n) is 1.74. The van der Waals surface area contributed by atoms with Crippen LogP contribution >= 0.6 is 27.9 Å². The van der Waals surface area contributed by atoms with Gasteiger partial charge in [-0.3, -0.25) is 0 Å². The van der Waals surface area contributed by atoms with Gasteiger partial charge in [0.2, 0.25) is 0 Å². The first-order chi connectivity index (χ1) is 10.4. The maximum Gasteiger partial charge on any atom is -0.0662 e. The molecule has 3 aromatic rings. The summed E-state index contributed by atoms with van der Waals surface area (Å²) in [4.78, 5) is 3.06. The molecule has 0 radical (unpaired) electrons. The van der Waals surface area contributed by atoms with E-state index in [0.717, 1.165) is 16.5 Å². The number of benzene rings is 2. The summed E-state index contributed by atoms with van der Waals surface area (Å²) in [6, 6.07) is 17.3. The number of aryl methyl sites for hydroxylation is 1. The van der Waals surface area contributed by atoms with Crippen molar-refractivity contribution in [2.75, 3.05) is 0 Å². The molecular formula is C17H17Cl3NTi-2. The third-order valence-electron chi connectivity index (χ3n) is 3.10. The van der Waals surface area contributed by atoms with Crippen LogP contribution in [0.5, 0.6) is 0 Å². The van der Waals surface area contributed by atoms with Gasteiger partial charge in [0.25, 0.3) is 0 Å². The van der Waals surface area contributed by atoms with Crippen LogP contribution in [0.1, 0.15) is 16.7 Å². The number of fused-ring (bicyclic) bond motifs is 1. The van der Waals surface area contributed by atoms with Crippen molar-refractivity contribution in [1.82, 2.24) is 4.98 Å². The third-order valence-corrected chi connectivity index (χ3v) is 3.10. The Morgan fingerprint density at radius 3 is 2.18 bits per heavy atom. The number of para-hydroxylation sites is 1. The van der Waals surface area contributed by atoms with Gasteiger partial charge in [-0.15, -0.1) is 23.3 Å². The molecule has 3 rings (SSSR count). The Hall–Kier alpha value is -0.566. The van der Waals surface area contributed by atoms with Crippen molar-refractivity contribution in [1.29, 1.82) is 0 Å². The number of nitrogens with one attached hydrogen (secondary N) is 1. The zero-order valence-corrected chi connectivity index (χ0v) is 16.3. The summed E-state index contributed by atoms with van der Waals surface area (Å²) in [7, 11) is 14.9. The molecule has 1 aromatic heterocycles. The minimum Gasteiger partial charge on any atom is -0.424 e. The summed E-state index contributed by atoms with van der Waals surface area (Å²) in [5.74, 6) is 0. The van der Waals surface area contributed by atoms with Crippen molar-refractivity contribution in [2.24, 2.45) is 0 Å². The Kier molecular flexibility index (Phi) is 9.08. The molecule has 0 saturated heterocycles. The zero-order valence-electron chi connectivity index (χ0n) is 12.5. The number of aromatic amines is 1. The van der Waals surface area contributed by atoms with Crippen molar-refractivity contribution in [3.8, 4) is 0 Å². The second-order valence-corrected chi connectivity index (χ2v) is 12.3. The molecule has 0 saturated carbocycles. The smallest absolute Gasteiger partial charge is 0.0662 e.